The van der Waals surface area contributed by atoms with E-state index in [1.807, 2.05) is 0 Å². The van der Waals surface area contributed by atoms with Crippen molar-refractivity contribution >= 4 is 17.5 Å². The smallest absolute Gasteiger partial charge is 0.257 e. The lowest BCUT2D eigenvalue weighted by Gasteiger charge is -2.23. The molecule has 1 aliphatic rings. The molecule has 12 heteroatoms. The maximum absolute atomic E-state index is 12.5. The Labute approximate surface area is 169 Å². The summed E-state index contributed by atoms with van der Waals surface area (Å²) in [6.45, 7) is -0.822. The first-order valence-corrected chi connectivity index (χ1v) is 8.89. The zero-order valence-corrected chi connectivity index (χ0v) is 15.4. The van der Waals surface area contributed by atoms with E-state index in [0.29, 0.717) is 16.8 Å². The van der Waals surface area contributed by atoms with Crippen LogP contribution in [0, 0.1) is 0 Å². The number of amides is 1. The minimum absolute atomic E-state index is 0.177. The number of carbonyl (C=O) groups excluding carboxylic acids is 1. The average molecular weight is 411 g/mol. The SMILES string of the molecule is [N-]=[N+]=N[C@]1(CO)O[C@@H](c2cc3ncnc(NC(=O)c4ccccc4)n3c2)[C@@H](O)[C@@H]1O. The molecule has 12 nitrogen and oxygen atoms in total. The van der Waals surface area contributed by atoms with Crippen LogP contribution in [0.3, 0.4) is 0 Å². The molecule has 4 rings (SSSR count). The number of azide groups is 1. The van der Waals surface area contributed by atoms with Crippen molar-refractivity contribution in [2.45, 2.75) is 24.0 Å². The van der Waals surface area contributed by atoms with Crippen LogP contribution in [-0.2, 0) is 4.74 Å². The van der Waals surface area contributed by atoms with E-state index in [0.717, 1.165) is 0 Å². The van der Waals surface area contributed by atoms with Gasteiger partial charge in [-0.3, -0.25) is 14.5 Å². The van der Waals surface area contributed by atoms with E-state index in [1.54, 1.807) is 36.4 Å². The fraction of sp³-hybridized carbons (Fsp3) is 0.278. The summed E-state index contributed by atoms with van der Waals surface area (Å²) in [5.74, 6) is -0.197. The highest BCUT2D eigenvalue weighted by molar-refractivity contribution is 6.03. The Hall–Kier alpha value is -3.54. The maximum Gasteiger partial charge on any atom is 0.257 e. The van der Waals surface area contributed by atoms with Gasteiger partial charge in [-0.2, -0.15) is 0 Å². The lowest BCUT2D eigenvalue weighted by atomic mass is 10.0. The number of carbonyl (C=O) groups is 1. The summed E-state index contributed by atoms with van der Waals surface area (Å²) in [6, 6.07) is 10.1. The summed E-state index contributed by atoms with van der Waals surface area (Å²) in [5, 5.41) is 36.2. The number of aliphatic hydroxyl groups excluding tert-OH is 3. The van der Waals surface area contributed by atoms with Gasteiger partial charge in [-0.25, -0.2) is 9.97 Å². The van der Waals surface area contributed by atoms with E-state index in [1.165, 1.54) is 16.9 Å². The topological polar surface area (TPSA) is 178 Å². The Balaban J connectivity index is 1.67. The van der Waals surface area contributed by atoms with Gasteiger partial charge in [-0.15, -0.1) is 0 Å². The molecule has 0 radical (unpaired) electrons. The third-order valence-corrected chi connectivity index (χ3v) is 4.88. The van der Waals surface area contributed by atoms with Gasteiger partial charge in [-0.05, 0) is 23.7 Å². The molecular weight excluding hydrogens is 394 g/mol. The van der Waals surface area contributed by atoms with Gasteiger partial charge in [0.15, 0.2) is 5.72 Å². The van der Waals surface area contributed by atoms with E-state index in [9.17, 15) is 20.1 Å². The predicted octanol–water partition coefficient (Wildman–Crippen LogP) is 0.774. The Morgan fingerprint density at radius 1 is 1.33 bits per heavy atom. The highest BCUT2D eigenvalue weighted by Gasteiger charge is 2.54. The van der Waals surface area contributed by atoms with Crippen LogP contribution >= 0.6 is 0 Å². The molecule has 1 amide bonds. The second kappa shape index (κ2) is 7.71. The Kier molecular flexibility index (Phi) is 5.08. The Morgan fingerprint density at radius 3 is 2.80 bits per heavy atom. The summed E-state index contributed by atoms with van der Waals surface area (Å²) >= 11 is 0. The van der Waals surface area contributed by atoms with Crippen LogP contribution < -0.4 is 5.32 Å². The molecule has 0 saturated carbocycles. The molecule has 0 spiro atoms. The molecule has 4 N–H and O–H groups in total. The molecule has 154 valence electrons. The molecule has 3 heterocycles. The van der Waals surface area contributed by atoms with Crippen LogP contribution in [0.2, 0.25) is 0 Å². The van der Waals surface area contributed by atoms with Gasteiger partial charge in [0.1, 0.15) is 30.3 Å². The number of fused-ring (bicyclic) bond motifs is 1. The van der Waals surface area contributed by atoms with E-state index >= 15 is 0 Å². The van der Waals surface area contributed by atoms with Crippen LogP contribution in [0.15, 0.2) is 54.0 Å². The number of nitrogens with zero attached hydrogens (tertiary/aromatic N) is 6. The molecular formula is C18H17N7O5. The second-order valence-corrected chi connectivity index (χ2v) is 6.69. The number of aromatic nitrogens is 3. The quantitative estimate of drug-likeness (QED) is 0.272. The summed E-state index contributed by atoms with van der Waals surface area (Å²) in [5.41, 5.74) is 7.92. The number of hydrogen-bond acceptors (Lipinski definition) is 8. The molecule has 0 unspecified atom stereocenters. The number of aliphatic hydroxyl groups is 3. The van der Waals surface area contributed by atoms with Crippen LogP contribution in [0.25, 0.3) is 16.1 Å². The first kappa shape index (κ1) is 19.8. The number of nitrogens with one attached hydrogen (secondary N) is 1. The molecule has 4 atom stereocenters. The highest BCUT2D eigenvalue weighted by Crippen LogP contribution is 2.41. The number of hydrogen-bond donors (Lipinski definition) is 4. The third-order valence-electron chi connectivity index (χ3n) is 4.88. The predicted molar refractivity (Wildman–Crippen MR) is 102 cm³/mol. The van der Waals surface area contributed by atoms with E-state index in [-0.39, 0.29) is 11.9 Å². The number of anilines is 1. The van der Waals surface area contributed by atoms with Crippen molar-refractivity contribution in [2.75, 3.05) is 11.9 Å². The second-order valence-electron chi connectivity index (χ2n) is 6.69. The molecule has 0 bridgehead atoms. The lowest BCUT2D eigenvalue weighted by Crippen LogP contribution is -2.44. The van der Waals surface area contributed by atoms with Gasteiger partial charge >= 0.3 is 0 Å². The summed E-state index contributed by atoms with van der Waals surface area (Å²) in [6.07, 6.45) is -1.46. The van der Waals surface area contributed by atoms with Gasteiger partial charge in [0.25, 0.3) is 5.91 Å². The van der Waals surface area contributed by atoms with Crippen molar-refractivity contribution in [3.8, 4) is 0 Å². The van der Waals surface area contributed by atoms with Crippen LogP contribution in [-0.4, -0.2) is 60.1 Å². The summed E-state index contributed by atoms with van der Waals surface area (Å²) < 4.78 is 7.03. The first-order valence-electron chi connectivity index (χ1n) is 8.89. The zero-order valence-electron chi connectivity index (χ0n) is 15.4. The van der Waals surface area contributed by atoms with E-state index < -0.39 is 30.6 Å². The van der Waals surface area contributed by atoms with Crippen molar-refractivity contribution in [1.82, 2.24) is 14.4 Å². The number of benzene rings is 1. The van der Waals surface area contributed by atoms with Gasteiger partial charge in [-0.1, -0.05) is 23.3 Å². The van der Waals surface area contributed by atoms with Gasteiger partial charge in [0, 0.05) is 22.2 Å². The highest BCUT2D eigenvalue weighted by atomic mass is 16.6. The molecule has 1 fully saturated rings. The largest absolute Gasteiger partial charge is 0.393 e. The Morgan fingerprint density at radius 2 is 2.10 bits per heavy atom. The molecule has 1 aromatic carbocycles. The third kappa shape index (κ3) is 3.24. The average Bonchev–Trinajstić information content (AvgIpc) is 3.30. The van der Waals surface area contributed by atoms with Crippen LogP contribution in [0.1, 0.15) is 22.0 Å². The van der Waals surface area contributed by atoms with Crippen LogP contribution in [0.4, 0.5) is 5.95 Å². The summed E-state index contributed by atoms with van der Waals surface area (Å²) in [7, 11) is 0. The molecule has 2 aromatic heterocycles. The number of ether oxygens (including phenoxy) is 1. The maximum atomic E-state index is 12.5. The standard InChI is InChI=1S/C18H17N7O5/c19-24-23-18(8-26)15(28)13(27)14(30-18)11-6-12-20-9-21-17(25(12)7-11)22-16(29)10-4-2-1-3-5-10/h1-7,9,13-15,26-28H,8H2,(H,20,21,22,29)/t13-,14+,15+,18-/m1/s1. The summed E-state index contributed by atoms with van der Waals surface area (Å²) in [4.78, 5) is 23.2. The normalized spacial score (nSPS) is 25.8. The molecule has 30 heavy (non-hydrogen) atoms. The molecule has 0 aliphatic carbocycles. The molecule has 1 aliphatic heterocycles. The monoisotopic (exact) mass is 411 g/mol. The Bertz CT molecular complexity index is 1130. The molecule has 1 saturated heterocycles. The van der Waals surface area contributed by atoms with Crippen molar-refractivity contribution in [3.05, 3.63) is 70.5 Å². The van der Waals surface area contributed by atoms with Crippen molar-refractivity contribution in [2.24, 2.45) is 5.11 Å². The van der Waals surface area contributed by atoms with Crippen molar-refractivity contribution < 1.29 is 24.9 Å². The van der Waals surface area contributed by atoms with E-state index in [4.69, 9.17) is 10.3 Å². The molecule has 3 aromatic rings. The minimum Gasteiger partial charge on any atom is -0.393 e. The fourth-order valence-corrected chi connectivity index (χ4v) is 3.33. The van der Waals surface area contributed by atoms with Crippen LogP contribution in [0.5, 0.6) is 0 Å². The van der Waals surface area contributed by atoms with Gasteiger partial charge in [0.2, 0.25) is 5.95 Å². The zero-order chi connectivity index (χ0) is 21.3. The lowest BCUT2D eigenvalue weighted by molar-refractivity contribution is -0.107. The van der Waals surface area contributed by atoms with Crippen molar-refractivity contribution in [1.29, 1.82) is 0 Å². The fourth-order valence-electron chi connectivity index (χ4n) is 3.33. The number of rotatable bonds is 5. The first-order chi connectivity index (χ1) is 14.5. The van der Waals surface area contributed by atoms with E-state index in [2.05, 4.69) is 25.3 Å². The van der Waals surface area contributed by atoms with Gasteiger partial charge in [0.05, 0.1) is 6.61 Å². The van der Waals surface area contributed by atoms with Gasteiger partial charge < -0.3 is 20.1 Å². The van der Waals surface area contributed by atoms with Crippen molar-refractivity contribution in [3.63, 3.8) is 0 Å². The minimum atomic E-state index is -2.01.